The van der Waals surface area contributed by atoms with Crippen LogP contribution in [0.15, 0.2) is 11.6 Å². The third-order valence-corrected chi connectivity index (χ3v) is 0.851. The molecule has 0 N–H and O–H groups in total. The van der Waals surface area contributed by atoms with Gasteiger partial charge in [0.2, 0.25) is 0 Å². The van der Waals surface area contributed by atoms with Crippen LogP contribution in [-0.4, -0.2) is 0 Å². The lowest BCUT2D eigenvalue weighted by Gasteiger charge is -1.82. The highest BCUT2D eigenvalue weighted by Gasteiger charge is 1.79. The maximum Gasteiger partial charge on any atom is 0.0666 e. The van der Waals surface area contributed by atoms with Gasteiger partial charge in [0.05, 0.1) is 12.5 Å². The Kier molecular flexibility index (Phi) is 3.04. The van der Waals surface area contributed by atoms with Crippen molar-refractivity contribution in [2.24, 2.45) is 0 Å². The van der Waals surface area contributed by atoms with E-state index in [0.29, 0.717) is 6.42 Å². The molecule has 0 spiro atoms. The van der Waals surface area contributed by atoms with Gasteiger partial charge in [-0.3, -0.25) is 0 Å². The van der Waals surface area contributed by atoms with Gasteiger partial charge in [-0.25, -0.2) is 0 Å². The van der Waals surface area contributed by atoms with E-state index in [4.69, 9.17) is 5.26 Å². The molecule has 0 unspecified atom stereocenters. The summed E-state index contributed by atoms with van der Waals surface area (Å²) in [5.74, 6) is 0. The van der Waals surface area contributed by atoms with Gasteiger partial charge in [0.1, 0.15) is 0 Å². The second kappa shape index (κ2) is 3.42. The third-order valence-electron chi connectivity index (χ3n) is 0.851. The van der Waals surface area contributed by atoms with Crippen molar-refractivity contribution in [3.05, 3.63) is 11.6 Å². The van der Waals surface area contributed by atoms with Gasteiger partial charge in [-0.2, -0.15) is 5.26 Å². The van der Waals surface area contributed by atoms with Crippen LogP contribution in [-0.2, 0) is 0 Å². The van der Waals surface area contributed by atoms with E-state index in [1.54, 1.807) is 0 Å². The molecule has 1 heteroatoms. The number of rotatable bonds is 1. The summed E-state index contributed by atoms with van der Waals surface area (Å²) in [6.07, 6.45) is 2.51. The molecule has 0 aliphatic heterocycles. The van der Waals surface area contributed by atoms with E-state index in [1.165, 1.54) is 0 Å². The van der Waals surface area contributed by atoms with Crippen LogP contribution in [0, 0.1) is 11.3 Å². The predicted octanol–water partition coefficient (Wildman–Crippen LogP) is 1.87. The van der Waals surface area contributed by atoms with Crippen LogP contribution in [0.5, 0.6) is 0 Å². The maximum absolute atomic E-state index is 8.08. The van der Waals surface area contributed by atoms with Crippen LogP contribution in [0.4, 0.5) is 0 Å². The average molecular weight is 95.1 g/mol. The fourth-order valence-corrected chi connectivity index (χ4v) is 0.227. The van der Waals surface area contributed by atoms with E-state index in [9.17, 15) is 0 Å². The predicted molar refractivity (Wildman–Crippen MR) is 29.7 cm³/mol. The molecule has 0 aromatic carbocycles. The van der Waals surface area contributed by atoms with Crippen molar-refractivity contribution < 1.29 is 0 Å². The summed E-state index contributed by atoms with van der Waals surface area (Å²) in [7, 11) is 0. The van der Waals surface area contributed by atoms with Crippen molar-refractivity contribution in [1.29, 1.82) is 5.26 Å². The Morgan fingerprint density at radius 1 is 1.86 bits per heavy atom. The molecule has 0 rings (SSSR count). The van der Waals surface area contributed by atoms with Crippen LogP contribution >= 0.6 is 0 Å². The van der Waals surface area contributed by atoms with Crippen LogP contribution in [0.25, 0.3) is 0 Å². The van der Waals surface area contributed by atoms with Gasteiger partial charge >= 0.3 is 0 Å². The first-order chi connectivity index (χ1) is 3.31. The van der Waals surface area contributed by atoms with Crippen molar-refractivity contribution in [3.63, 3.8) is 0 Å². The second-order valence-electron chi connectivity index (χ2n) is 1.47. The summed E-state index contributed by atoms with van der Waals surface area (Å²) in [5, 5.41) is 8.08. The molecule has 0 aromatic rings. The van der Waals surface area contributed by atoms with Crippen molar-refractivity contribution in [2.75, 3.05) is 0 Å². The molecular formula is C6H9N. The molecule has 0 bridgehead atoms. The molecule has 0 amide bonds. The standard InChI is InChI=1S/C6H9N/c1-3-6(2)4-5-7/h3H,4H2,1-2H3/b6-3+. The van der Waals surface area contributed by atoms with E-state index >= 15 is 0 Å². The molecule has 0 aliphatic rings. The van der Waals surface area contributed by atoms with Crippen molar-refractivity contribution in [3.8, 4) is 6.07 Å². The first-order valence-electron chi connectivity index (χ1n) is 2.30. The van der Waals surface area contributed by atoms with Crippen LogP contribution in [0.1, 0.15) is 20.3 Å². The van der Waals surface area contributed by atoms with Gasteiger partial charge in [0, 0.05) is 0 Å². The quantitative estimate of drug-likeness (QED) is 0.456. The summed E-state index contributed by atoms with van der Waals surface area (Å²) in [4.78, 5) is 0. The third kappa shape index (κ3) is 3.05. The number of nitrogens with zero attached hydrogens (tertiary/aromatic N) is 1. The van der Waals surface area contributed by atoms with Crippen molar-refractivity contribution in [2.45, 2.75) is 20.3 Å². The Labute approximate surface area is 44.3 Å². The first-order valence-corrected chi connectivity index (χ1v) is 2.30. The molecule has 0 atom stereocenters. The van der Waals surface area contributed by atoms with E-state index in [-0.39, 0.29) is 0 Å². The van der Waals surface area contributed by atoms with E-state index in [1.807, 2.05) is 19.9 Å². The summed E-state index contributed by atoms with van der Waals surface area (Å²) in [5.41, 5.74) is 1.14. The zero-order chi connectivity index (χ0) is 5.70. The average Bonchev–Trinajstić information content (AvgIpc) is 1.68. The van der Waals surface area contributed by atoms with Gasteiger partial charge < -0.3 is 0 Å². The molecule has 0 aromatic heterocycles. The Balaban J connectivity index is 3.43. The Morgan fingerprint density at radius 2 is 2.43 bits per heavy atom. The molecule has 0 radical (unpaired) electrons. The number of nitriles is 1. The van der Waals surface area contributed by atoms with Crippen LogP contribution in [0.3, 0.4) is 0 Å². The summed E-state index contributed by atoms with van der Waals surface area (Å²) >= 11 is 0. The number of hydrogen-bond donors (Lipinski definition) is 0. The highest BCUT2D eigenvalue weighted by atomic mass is 14.2. The lowest BCUT2D eigenvalue weighted by atomic mass is 10.2. The minimum Gasteiger partial charge on any atom is -0.198 e. The Hall–Kier alpha value is -0.770. The second-order valence-corrected chi connectivity index (χ2v) is 1.47. The lowest BCUT2D eigenvalue weighted by Crippen LogP contribution is -1.67. The fraction of sp³-hybridized carbons (Fsp3) is 0.500. The van der Waals surface area contributed by atoms with E-state index in [2.05, 4.69) is 6.07 Å². The summed E-state index contributed by atoms with van der Waals surface area (Å²) in [6.45, 7) is 3.88. The molecule has 38 valence electrons. The Bertz CT molecular complexity index is 106. The topological polar surface area (TPSA) is 23.8 Å². The summed E-state index contributed by atoms with van der Waals surface area (Å²) in [6, 6.07) is 2.05. The molecule has 7 heavy (non-hydrogen) atoms. The minimum absolute atomic E-state index is 0.566. The highest BCUT2D eigenvalue weighted by molar-refractivity contribution is 5.02. The molecule has 0 fully saturated rings. The van der Waals surface area contributed by atoms with E-state index < -0.39 is 0 Å². The first kappa shape index (κ1) is 6.23. The normalized spacial score (nSPS) is 10.7. The SMILES string of the molecule is C/C=C(\C)CC#N. The molecule has 0 heterocycles. The van der Waals surface area contributed by atoms with Gasteiger partial charge in [-0.15, -0.1) is 0 Å². The minimum atomic E-state index is 0.566. The number of allylic oxidation sites excluding steroid dienone is 2. The smallest absolute Gasteiger partial charge is 0.0666 e. The molecule has 1 nitrogen and oxygen atoms in total. The van der Waals surface area contributed by atoms with Gasteiger partial charge in [-0.1, -0.05) is 11.6 Å². The van der Waals surface area contributed by atoms with Gasteiger partial charge in [-0.05, 0) is 13.8 Å². The molecule has 0 saturated carbocycles. The summed E-state index contributed by atoms with van der Waals surface area (Å²) < 4.78 is 0. The van der Waals surface area contributed by atoms with Crippen molar-refractivity contribution >= 4 is 0 Å². The van der Waals surface area contributed by atoms with Gasteiger partial charge in [0.15, 0.2) is 0 Å². The zero-order valence-electron chi connectivity index (χ0n) is 4.73. The van der Waals surface area contributed by atoms with Crippen LogP contribution in [0.2, 0.25) is 0 Å². The molecular weight excluding hydrogens is 86.1 g/mol. The zero-order valence-corrected chi connectivity index (χ0v) is 4.73. The largest absolute Gasteiger partial charge is 0.198 e. The Morgan fingerprint density at radius 3 is 2.57 bits per heavy atom. The highest BCUT2D eigenvalue weighted by Crippen LogP contribution is 1.94. The van der Waals surface area contributed by atoms with Crippen LogP contribution < -0.4 is 0 Å². The molecule has 0 saturated heterocycles. The molecule has 0 aliphatic carbocycles. The monoisotopic (exact) mass is 95.1 g/mol. The van der Waals surface area contributed by atoms with Crippen molar-refractivity contribution in [1.82, 2.24) is 0 Å². The fourth-order valence-electron chi connectivity index (χ4n) is 0.227. The number of hydrogen-bond acceptors (Lipinski definition) is 1. The van der Waals surface area contributed by atoms with Gasteiger partial charge in [0.25, 0.3) is 0 Å². The van der Waals surface area contributed by atoms with E-state index in [0.717, 1.165) is 5.57 Å². The lowest BCUT2D eigenvalue weighted by molar-refractivity contribution is 1.20. The maximum atomic E-state index is 8.08.